The zero-order valence-electron chi connectivity index (χ0n) is 9.79. The van der Waals surface area contributed by atoms with Crippen molar-refractivity contribution < 1.29 is 9.13 Å². The second-order valence-corrected chi connectivity index (χ2v) is 4.54. The van der Waals surface area contributed by atoms with Crippen LogP contribution in [-0.2, 0) is 6.54 Å². The molecule has 2 atom stereocenters. The molecule has 1 aliphatic carbocycles. The van der Waals surface area contributed by atoms with Gasteiger partial charge < -0.3 is 10.1 Å². The van der Waals surface area contributed by atoms with Gasteiger partial charge in [0, 0.05) is 12.1 Å². The molecule has 1 fully saturated rings. The summed E-state index contributed by atoms with van der Waals surface area (Å²) in [5.41, 5.74) is 0.674. The third-order valence-corrected chi connectivity index (χ3v) is 3.26. The number of hydrogen-bond acceptors (Lipinski definition) is 2. The maximum absolute atomic E-state index is 13.7. The quantitative estimate of drug-likeness (QED) is 0.828. The largest absolute Gasteiger partial charge is 0.494 e. The number of hydrogen-bond donors (Lipinski definition) is 1. The molecule has 0 radical (unpaired) electrons. The van der Waals surface area contributed by atoms with Gasteiger partial charge in [-0.3, -0.25) is 0 Å². The molecule has 3 heteroatoms. The monoisotopic (exact) mass is 223 g/mol. The first-order valence-electron chi connectivity index (χ1n) is 5.74. The van der Waals surface area contributed by atoms with Crippen LogP contribution in [0.2, 0.25) is 0 Å². The molecule has 2 nitrogen and oxygen atoms in total. The van der Waals surface area contributed by atoms with Gasteiger partial charge in [-0.15, -0.1) is 0 Å². The summed E-state index contributed by atoms with van der Waals surface area (Å²) in [6, 6.07) is 5.25. The summed E-state index contributed by atoms with van der Waals surface area (Å²) >= 11 is 0. The molecular weight excluding hydrogens is 205 g/mol. The predicted molar refractivity (Wildman–Crippen MR) is 61.9 cm³/mol. The molecular formula is C13H18FNO. The summed E-state index contributed by atoms with van der Waals surface area (Å²) in [7, 11) is 1.49. The van der Waals surface area contributed by atoms with Crippen LogP contribution in [-0.4, -0.2) is 13.7 Å². The summed E-state index contributed by atoms with van der Waals surface area (Å²) in [6.45, 7) is 3.81. The molecule has 0 aromatic heterocycles. The summed E-state index contributed by atoms with van der Waals surface area (Å²) in [6.07, 6.45) is 1.30. The molecule has 1 aromatic carbocycles. The first-order chi connectivity index (χ1) is 7.72. The van der Waals surface area contributed by atoms with Crippen molar-refractivity contribution in [3.05, 3.63) is 29.6 Å². The lowest BCUT2D eigenvalue weighted by Crippen LogP contribution is -2.17. The van der Waals surface area contributed by atoms with Crippen LogP contribution in [0.25, 0.3) is 0 Å². The van der Waals surface area contributed by atoms with E-state index in [0.717, 1.165) is 18.4 Å². The van der Waals surface area contributed by atoms with E-state index in [1.54, 1.807) is 12.1 Å². The molecule has 1 aliphatic rings. The average Bonchev–Trinajstić information content (AvgIpc) is 2.97. The zero-order chi connectivity index (χ0) is 11.5. The standard InChI is InChI=1S/C13H18FNO/c1-9-6-11(9)8-15-7-10-4-3-5-12(16-2)13(10)14/h3-5,9,11,15H,6-8H2,1-2H3. The van der Waals surface area contributed by atoms with Gasteiger partial charge in [-0.25, -0.2) is 4.39 Å². The smallest absolute Gasteiger partial charge is 0.169 e. The summed E-state index contributed by atoms with van der Waals surface area (Å²) in [5, 5.41) is 3.29. The van der Waals surface area contributed by atoms with Crippen LogP contribution in [0.15, 0.2) is 18.2 Å². The Morgan fingerprint density at radius 1 is 1.50 bits per heavy atom. The van der Waals surface area contributed by atoms with E-state index >= 15 is 0 Å². The van der Waals surface area contributed by atoms with Crippen molar-refractivity contribution >= 4 is 0 Å². The molecule has 1 aromatic rings. The Hall–Kier alpha value is -1.09. The normalized spacial score (nSPS) is 23.2. The van der Waals surface area contributed by atoms with Crippen molar-refractivity contribution in [2.24, 2.45) is 11.8 Å². The highest BCUT2D eigenvalue weighted by Crippen LogP contribution is 2.36. The van der Waals surface area contributed by atoms with Gasteiger partial charge in [0.1, 0.15) is 0 Å². The summed E-state index contributed by atoms with van der Waals surface area (Å²) in [4.78, 5) is 0. The molecule has 1 saturated carbocycles. The lowest BCUT2D eigenvalue weighted by Gasteiger charge is -2.08. The van der Waals surface area contributed by atoms with Crippen LogP contribution < -0.4 is 10.1 Å². The third-order valence-electron chi connectivity index (χ3n) is 3.26. The van der Waals surface area contributed by atoms with Crippen molar-refractivity contribution in [3.8, 4) is 5.75 Å². The molecule has 1 N–H and O–H groups in total. The van der Waals surface area contributed by atoms with E-state index in [-0.39, 0.29) is 5.82 Å². The highest BCUT2D eigenvalue weighted by atomic mass is 19.1. The molecule has 0 heterocycles. The Kier molecular flexibility index (Phi) is 3.44. The maximum atomic E-state index is 13.7. The van der Waals surface area contributed by atoms with E-state index in [2.05, 4.69) is 12.2 Å². The minimum Gasteiger partial charge on any atom is -0.494 e. The molecule has 88 valence electrons. The highest BCUT2D eigenvalue weighted by Gasteiger charge is 2.31. The SMILES string of the molecule is COc1cccc(CNCC2CC2C)c1F. The average molecular weight is 223 g/mol. The van der Waals surface area contributed by atoms with Crippen molar-refractivity contribution in [2.45, 2.75) is 19.9 Å². The highest BCUT2D eigenvalue weighted by molar-refractivity contribution is 5.30. The van der Waals surface area contributed by atoms with Crippen molar-refractivity contribution in [1.82, 2.24) is 5.32 Å². The van der Waals surface area contributed by atoms with Gasteiger partial charge >= 0.3 is 0 Å². The number of halogens is 1. The van der Waals surface area contributed by atoms with Gasteiger partial charge in [0.15, 0.2) is 11.6 Å². The van der Waals surface area contributed by atoms with E-state index in [1.807, 2.05) is 6.07 Å². The first kappa shape index (κ1) is 11.4. The molecule has 2 unspecified atom stereocenters. The van der Waals surface area contributed by atoms with Gasteiger partial charge in [-0.1, -0.05) is 19.1 Å². The van der Waals surface area contributed by atoms with E-state index in [1.165, 1.54) is 13.5 Å². The molecule has 0 amide bonds. The number of benzene rings is 1. The number of rotatable bonds is 5. The molecule has 0 saturated heterocycles. The second kappa shape index (κ2) is 4.83. The lowest BCUT2D eigenvalue weighted by atomic mass is 10.2. The Morgan fingerprint density at radius 3 is 2.88 bits per heavy atom. The van der Waals surface area contributed by atoms with Gasteiger partial charge in [0.05, 0.1) is 7.11 Å². The third kappa shape index (κ3) is 2.53. The van der Waals surface area contributed by atoms with E-state index in [0.29, 0.717) is 17.9 Å². The van der Waals surface area contributed by atoms with E-state index in [4.69, 9.17) is 4.74 Å². The number of methoxy groups -OCH3 is 1. The van der Waals surface area contributed by atoms with Crippen LogP contribution in [0.1, 0.15) is 18.9 Å². The fourth-order valence-corrected chi connectivity index (χ4v) is 1.93. The number of ether oxygens (including phenoxy) is 1. The topological polar surface area (TPSA) is 21.3 Å². The number of nitrogens with one attached hydrogen (secondary N) is 1. The van der Waals surface area contributed by atoms with E-state index < -0.39 is 0 Å². The first-order valence-corrected chi connectivity index (χ1v) is 5.74. The summed E-state index contributed by atoms with van der Waals surface area (Å²) < 4.78 is 18.7. The Bertz CT molecular complexity index is 367. The van der Waals surface area contributed by atoms with Gasteiger partial charge in [-0.2, -0.15) is 0 Å². The van der Waals surface area contributed by atoms with Gasteiger partial charge in [-0.05, 0) is 30.9 Å². The van der Waals surface area contributed by atoms with Crippen LogP contribution in [0.3, 0.4) is 0 Å². The Balaban J connectivity index is 1.88. The predicted octanol–water partition coefficient (Wildman–Crippen LogP) is 2.58. The minimum absolute atomic E-state index is 0.249. The fraction of sp³-hybridized carbons (Fsp3) is 0.538. The summed E-state index contributed by atoms with van der Waals surface area (Å²) in [5.74, 6) is 1.69. The Morgan fingerprint density at radius 2 is 2.25 bits per heavy atom. The zero-order valence-corrected chi connectivity index (χ0v) is 9.79. The van der Waals surface area contributed by atoms with Gasteiger partial charge in [0.2, 0.25) is 0 Å². The van der Waals surface area contributed by atoms with Gasteiger partial charge in [0.25, 0.3) is 0 Å². The maximum Gasteiger partial charge on any atom is 0.169 e. The minimum atomic E-state index is -0.249. The van der Waals surface area contributed by atoms with Crippen molar-refractivity contribution in [1.29, 1.82) is 0 Å². The van der Waals surface area contributed by atoms with Crippen LogP contribution in [0.5, 0.6) is 5.75 Å². The fourth-order valence-electron chi connectivity index (χ4n) is 1.93. The molecule has 2 rings (SSSR count). The molecule has 0 bridgehead atoms. The molecule has 16 heavy (non-hydrogen) atoms. The van der Waals surface area contributed by atoms with Crippen LogP contribution in [0, 0.1) is 17.7 Å². The Labute approximate surface area is 95.8 Å². The van der Waals surface area contributed by atoms with E-state index in [9.17, 15) is 4.39 Å². The van der Waals surface area contributed by atoms with Crippen LogP contribution in [0.4, 0.5) is 4.39 Å². The molecule has 0 aliphatic heterocycles. The second-order valence-electron chi connectivity index (χ2n) is 4.54. The van der Waals surface area contributed by atoms with Crippen molar-refractivity contribution in [2.75, 3.05) is 13.7 Å². The van der Waals surface area contributed by atoms with Crippen molar-refractivity contribution in [3.63, 3.8) is 0 Å². The molecule has 0 spiro atoms. The lowest BCUT2D eigenvalue weighted by molar-refractivity contribution is 0.383. The van der Waals surface area contributed by atoms with Crippen LogP contribution >= 0.6 is 0 Å².